The number of carbonyl (C=O) groups is 1. The maximum absolute atomic E-state index is 12.1. The molecule has 2 unspecified atom stereocenters. The molecule has 0 aliphatic carbocycles. The third-order valence-electron chi connectivity index (χ3n) is 3.40. The second kappa shape index (κ2) is 4.87. The summed E-state index contributed by atoms with van der Waals surface area (Å²) in [6.07, 6.45) is 2.79. The van der Waals surface area contributed by atoms with Crippen LogP contribution in [0.25, 0.3) is 0 Å². The molecule has 0 aromatic carbocycles. The lowest BCUT2D eigenvalue weighted by Crippen LogP contribution is -2.45. The molecule has 2 atom stereocenters. The van der Waals surface area contributed by atoms with Gasteiger partial charge in [-0.25, -0.2) is 4.98 Å². The van der Waals surface area contributed by atoms with Gasteiger partial charge >= 0.3 is 0 Å². The van der Waals surface area contributed by atoms with Crippen LogP contribution in [0.4, 0.5) is 0 Å². The molecule has 1 aliphatic heterocycles. The summed E-state index contributed by atoms with van der Waals surface area (Å²) in [7, 11) is 0. The van der Waals surface area contributed by atoms with E-state index in [9.17, 15) is 9.90 Å². The Morgan fingerprint density at radius 1 is 1.71 bits per heavy atom. The summed E-state index contributed by atoms with van der Waals surface area (Å²) in [5.41, 5.74) is 0.517. The Hall–Kier alpha value is -1.36. The largest absolute Gasteiger partial charge is 0.391 e. The van der Waals surface area contributed by atoms with Gasteiger partial charge in [-0.05, 0) is 12.3 Å². The number of piperidine rings is 1. The molecule has 0 bridgehead atoms. The molecule has 1 aliphatic rings. The summed E-state index contributed by atoms with van der Waals surface area (Å²) in [4.78, 5) is 20.9. The molecule has 1 fully saturated rings. The molecule has 5 nitrogen and oxygen atoms in total. The van der Waals surface area contributed by atoms with Gasteiger partial charge in [0.05, 0.1) is 12.3 Å². The van der Waals surface area contributed by atoms with Crippen molar-refractivity contribution in [3.63, 3.8) is 0 Å². The number of H-pyrrole nitrogens is 1. The Balaban J connectivity index is 2.05. The van der Waals surface area contributed by atoms with E-state index >= 15 is 0 Å². The van der Waals surface area contributed by atoms with Crippen LogP contribution in [0.2, 0.25) is 0 Å². The molecular formula is C12H19N3O2. The maximum Gasteiger partial charge on any atom is 0.272 e. The van der Waals surface area contributed by atoms with E-state index in [1.165, 1.54) is 0 Å². The van der Waals surface area contributed by atoms with Crippen LogP contribution in [0.15, 0.2) is 6.20 Å². The standard InChI is InChI=1S/C12H19N3O2/c1-3-11-13-6-9(14-11)12(17)15-5-4-8(2)10(16)7-15/h6,8,10,16H,3-5,7H2,1-2H3,(H,13,14). The minimum atomic E-state index is -0.415. The van der Waals surface area contributed by atoms with Gasteiger partial charge in [-0.1, -0.05) is 13.8 Å². The number of β-amino-alcohol motifs (C(OH)–C–C–N with tert-alkyl or cyclic N) is 1. The SMILES string of the molecule is CCc1ncc(C(=O)N2CCC(C)C(O)C2)[nH]1. The number of imidazole rings is 1. The highest BCUT2D eigenvalue weighted by Crippen LogP contribution is 2.18. The van der Waals surface area contributed by atoms with E-state index < -0.39 is 6.10 Å². The average molecular weight is 237 g/mol. The minimum absolute atomic E-state index is 0.0665. The van der Waals surface area contributed by atoms with Gasteiger partial charge in [0, 0.05) is 19.5 Å². The summed E-state index contributed by atoms with van der Waals surface area (Å²) >= 11 is 0. The highest BCUT2D eigenvalue weighted by molar-refractivity contribution is 5.92. The molecule has 0 radical (unpaired) electrons. The lowest BCUT2D eigenvalue weighted by molar-refractivity contribution is 0.0245. The number of nitrogens with one attached hydrogen (secondary N) is 1. The zero-order valence-corrected chi connectivity index (χ0v) is 10.3. The van der Waals surface area contributed by atoms with Crippen LogP contribution in [0.3, 0.4) is 0 Å². The first-order valence-electron chi connectivity index (χ1n) is 6.13. The van der Waals surface area contributed by atoms with Crippen molar-refractivity contribution < 1.29 is 9.90 Å². The van der Waals surface area contributed by atoms with Crippen LogP contribution in [-0.2, 0) is 6.42 Å². The molecule has 5 heteroatoms. The molecule has 0 spiro atoms. The number of hydrogen-bond acceptors (Lipinski definition) is 3. The molecule has 17 heavy (non-hydrogen) atoms. The van der Waals surface area contributed by atoms with Gasteiger partial charge in [0.2, 0.25) is 0 Å². The van der Waals surface area contributed by atoms with E-state index in [1.54, 1.807) is 11.1 Å². The molecule has 1 aromatic rings. The fraction of sp³-hybridized carbons (Fsp3) is 0.667. The van der Waals surface area contributed by atoms with Gasteiger partial charge in [0.15, 0.2) is 0 Å². The minimum Gasteiger partial charge on any atom is -0.391 e. The van der Waals surface area contributed by atoms with Crippen molar-refractivity contribution in [3.8, 4) is 0 Å². The van der Waals surface area contributed by atoms with E-state index in [1.807, 2.05) is 13.8 Å². The lowest BCUT2D eigenvalue weighted by atomic mass is 9.96. The second-order valence-electron chi connectivity index (χ2n) is 4.68. The molecular weight excluding hydrogens is 218 g/mol. The Kier molecular flexibility index (Phi) is 3.47. The van der Waals surface area contributed by atoms with Crippen molar-refractivity contribution in [2.75, 3.05) is 13.1 Å². The molecule has 94 valence electrons. The van der Waals surface area contributed by atoms with Gasteiger partial charge in [0.25, 0.3) is 5.91 Å². The molecule has 1 amide bonds. The summed E-state index contributed by atoms with van der Waals surface area (Å²) < 4.78 is 0. The Labute approximate surface area is 101 Å². The van der Waals surface area contributed by atoms with Crippen LogP contribution >= 0.6 is 0 Å². The second-order valence-corrected chi connectivity index (χ2v) is 4.68. The predicted molar refractivity (Wildman–Crippen MR) is 63.7 cm³/mol. The van der Waals surface area contributed by atoms with Crippen molar-refractivity contribution in [2.24, 2.45) is 5.92 Å². The number of likely N-dealkylation sites (tertiary alicyclic amines) is 1. The van der Waals surface area contributed by atoms with Crippen molar-refractivity contribution in [3.05, 3.63) is 17.7 Å². The van der Waals surface area contributed by atoms with E-state index in [0.717, 1.165) is 18.7 Å². The monoisotopic (exact) mass is 237 g/mol. The zero-order valence-electron chi connectivity index (χ0n) is 10.3. The Morgan fingerprint density at radius 2 is 2.47 bits per heavy atom. The topological polar surface area (TPSA) is 69.2 Å². The van der Waals surface area contributed by atoms with E-state index in [2.05, 4.69) is 9.97 Å². The Bertz CT molecular complexity index is 402. The van der Waals surface area contributed by atoms with Gasteiger partial charge in [-0.3, -0.25) is 4.79 Å². The van der Waals surface area contributed by atoms with Crippen molar-refractivity contribution >= 4 is 5.91 Å². The summed E-state index contributed by atoms with van der Waals surface area (Å²) in [5, 5.41) is 9.78. The first kappa shape index (κ1) is 12.1. The number of aromatic nitrogens is 2. The van der Waals surface area contributed by atoms with Gasteiger partial charge < -0.3 is 15.0 Å². The average Bonchev–Trinajstić information content (AvgIpc) is 2.80. The molecule has 2 N–H and O–H groups in total. The fourth-order valence-corrected chi connectivity index (χ4v) is 2.05. The third kappa shape index (κ3) is 2.49. The van der Waals surface area contributed by atoms with Crippen LogP contribution in [-0.4, -0.2) is 45.1 Å². The van der Waals surface area contributed by atoms with E-state index in [0.29, 0.717) is 18.8 Å². The number of aromatic amines is 1. The number of nitrogens with zero attached hydrogens (tertiary/aromatic N) is 2. The maximum atomic E-state index is 12.1. The van der Waals surface area contributed by atoms with Crippen LogP contribution in [0.1, 0.15) is 36.6 Å². The van der Waals surface area contributed by atoms with Crippen LogP contribution < -0.4 is 0 Å². The number of rotatable bonds is 2. The van der Waals surface area contributed by atoms with Crippen LogP contribution in [0.5, 0.6) is 0 Å². The first-order chi connectivity index (χ1) is 8.11. The van der Waals surface area contributed by atoms with Crippen molar-refractivity contribution in [2.45, 2.75) is 32.8 Å². The number of amides is 1. The van der Waals surface area contributed by atoms with Crippen LogP contribution in [0, 0.1) is 5.92 Å². The molecule has 1 saturated heterocycles. The zero-order chi connectivity index (χ0) is 12.4. The lowest BCUT2D eigenvalue weighted by Gasteiger charge is -2.33. The number of hydrogen-bond donors (Lipinski definition) is 2. The third-order valence-corrected chi connectivity index (χ3v) is 3.40. The fourth-order valence-electron chi connectivity index (χ4n) is 2.05. The number of aliphatic hydroxyl groups is 1. The highest BCUT2D eigenvalue weighted by Gasteiger charge is 2.28. The van der Waals surface area contributed by atoms with Crippen molar-refractivity contribution in [1.82, 2.24) is 14.9 Å². The highest BCUT2D eigenvalue weighted by atomic mass is 16.3. The molecule has 0 saturated carbocycles. The quantitative estimate of drug-likeness (QED) is 0.800. The smallest absolute Gasteiger partial charge is 0.272 e. The first-order valence-corrected chi connectivity index (χ1v) is 6.13. The predicted octanol–water partition coefficient (Wildman–Crippen LogP) is 0.815. The number of aliphatic hydroxyl groups excluding tert-OH is 1. The van der Waals surface area contributed by atoms with E-state index in [-0.39, 0.29) is 11.8 Å². The Morgan fingerprint density at radius 3 is 3.06 bits per heavy atom. The normalized spacial score (nSPS) is 25.0. The van der Waals surface area contributed by atoms with E-state index in [4.69, 9.17) is 0 Å². The molecule has 2 rings (SSSR count). The van der Waals surface area contributed by atoms with Crippen molar-refractivity contribution in [1.29, 1.82) is 0 Å². The molecule has 1 aromatic heterocycles. The van der Waals surface area contributed by atoms with Gasteiger partial charge in [-0.15, -0.1) is 0 Å². The summed E-state index contributed by atoms with van der Waals surface area (Å²) in [5.74, 6) is 1.02. The number of carbonyl (C=O) groups excluding carboxylic acids is 1. The summed E-state index contributed by atoms with van der Waals surface area (Å²) in [6, 6.07) is 0. The summed E-state index contributed by atoms with van der Waals surface area (Å²) in [6.45, 7) is 5.12. The van der Waals surface area contributed by atoms with Gasteiger partial charge in [0.1, 0.15) is 11.5 Å². The van der Waals surface area contributed by atoms with Gasteiger partial charge in [-0.2, -0.15) is 0 Å². The number of aryl methyl sites for hydroxylation is 1. The molecule has 2 heterocycles.